The normalized spacial score (nSPS) is 12.9. The third kappa shape index (κ3) is 2.67. The van der Waals surface area contributed by atoms with Gasteiger partial charge in [0.15, 0.2) is 0 Å². The molecular formula is C11H16O. The van der Waals surface area contributed by atoms with E-state index in [1.54, 1.807) is 0 Å². The molecule has 0 aliphatic rings. The van der Waals surface area contributed by atoms with Crippen LogP contribution in [0.4, 0.5) is 0 Å². The molecule has 66 valence electrons. The van der Waals surface area contributed by atoms with Gasteiger partial charge in [0.2, 0.25) is 0 Å². The van der Waals surface area contributed by atoms with Crippen LogP contribution < -0.4 is 0 Å². The molecule has 0 amide bonds. The van der Waals surface area contributed by atoms with Crippen LogP contribution in [0.1, 0.15) is 25.0 Å². The average molecular weight is 164 g/mol. The van der Waals surface area contributed by atoms with Crippen LogP contribution in [0.5, 0.6) is 0 Å². The topological polar surface area (TPSA) is 20.2 Å². The molecular weight excluding hydrogens is 148 g/mol. The zero-order chi connectivity index (χ0) is 8.97. The van der Waals surface area contributed by atoms with Crippen molar-refractivity contribution in [3.63, 3.8) is 0 Å². The van der Waals surface area contributed by atoms with E-state index < -0.39 is 0 Å². The van der Waals surface area contributed by atoms with Gasteiger partial charge >= 0.3 is 0 Å². The second-order valence-electron chi connectivity index (χ2n) is 3.23. The summed E-state index contributed by atoms with van der Waals surface area (Å²) in [5, 5.41) is 9.17. The summed E-state index contributed by atoms with van der Waals surface area (Å²) in [6.07, 6.45) is 1.58. The van der Waals surface area contributed by atoms with Gasteiger partial charge in [0, 0.05) is 0 Å². The standard InChI is InChI=1S/C11H16O/c1-3-10-5-4-6-11(8-10)7-9(2)12/h4-6,8-9,12H,3,7H2,1-2H3/t9-/m0/s1. The van der Waals surface area contributed by atoms with Crippen molar-refractivity contribution >= 4 is 0 Å². The Kier molecular flexibility index (Phi) is 3.30. The molecule has 1 heteroatoms. The molecule has 0 saturated carbocycles. The molecule has 1 aromatic rings. The lowest BCUT2D eigenvalue weighted by atomic mass is 10.0. The zero-order valence-electron chi connectivity index (χ0n) is 7.75. The van der Waals surface area contributed by atoms with Gasteiger partial charge in [-0.05, 0) is 30.9 Å². The Bertz CT molecular complexity index is 241. The maximum atomic E-state index is 9.17. The van der Waals surface area contributed by atoms with Crippen LogP contribution in [0, 0.1) is 0 Å². The molecule has 0 aromatic heterocycles. The predicted octanol–water partition coefficient (Wildman–Crippen LogP) is 2.17. The van der Waals surface area contributed by atoms with E-state index in [1.165, 1.54) is 11.1 Å². The van der Waals surface area contributed by atoms with Crippen LogP contribution >= 0.6 is 0 Å². The van der Waals surface area contributed by atoms with Crippen LogP contribution in [-0.2, 0) is 12.8 Å². The minimum absolute atomic E-state index is 0.239. The highest BCUT2D eigenvalue weighted by Gasteiger charge is 1.98. The fourth-order valence-electron chi connectivity index (χ4n) is 1.32. The molecule has 1 N–H and O–H groups in total. The Morgan fingerprint density at radius 2 is 2.00 bits per heavy atom. The van der Waals surface area contributed by atoms with E-state index in [0.29, 0.717) is 0 Å². The minimum atomic E-state index is -0.239. The third-order valence-corrected chi connectivity index (χ3v) is 1.93. The maximum absolute atomic E-state index is 9.17. The molecule has 1 atom stereocenters. The van der Waals surface area contributed by atoms with Crippen molar-refractivity contribution in [3.8, 4) is 0 Å². The van der Waals surface area contributed by atoms with E-state index in [4.69, 9.17) is 5.11 Å². The predicted molar refractivity (Wildman–Crippen MR) is 51.2 cm³/mol. The first-order valence-corrected chi connectivity index (χ1v) is 4.48. The molecule has 0 saturated heterocycles. The number of hydrogen-bond donors (Lipinski definition) is 1. The van der Waals surface area contributed by atoms with Gasteiger partial charge in [0.25, 0.3) is 0 Å². The Morgan fingerprint density at radius 3 is 2.58 bits per heavy atom. The van der Waals surface area contributed by atoms with Gasteiger partial charge in [0.1, 0.15) is 0 Å². The summed E-state index contributed by atoms with van der Waals surface area (Å²) in [6.45, 7) is 3.96. The van der Waals surface area contributed by atoms with Crippen molar-refractivity contribution in [3.05, 3.63) is 35.4 Å². The Hall–Kier alpha value is -0.820. The Morgan fingerprint density at radius 1 is 1.33 bits per heavy atom. The number of hydrogen-bond acceptors (Lipinski definition) is 1. The molecule has 1 nitrogen and oxygen atoms in total. The van der Waals surface area contributed by atoms with Crippen LogP contribution in [0.2, 0.25) is 0 Å². The monoisotopic (exact) mass is 164 g/mol. The quantitative estimate of drug-likeness (QED) is 0.726. The van der Waals surface area contributed by atoms with Gasteiger partial charge in [-0.2, -0.15) is 0 Å². The molecule has 0 unspecified atom stereocenters. The SMILES string of the molecule is CCc1cccc(C[C@H](C)O)c1. The van der Waals surface area contributed by atoms with Crippen LogP contribution in [0.3, 0.4) is 0 Å². The third-order valence-electron chi connectivity index (χ3n) is 1.93. The average Bonchev–Trinajstić information content (AvgIpc) is 2.03. The van der Waals surface area contributed by atoms with E-state index in [9.17, 15) is 0 Å². The highest BCUT2D eigenvalue weighted by atomic mass is 16.3. The minimum Gasteiger partial charge on any atom is -0.393 e. The molecule has 0 aliphatic carbocycles. The van der Waals surface area contributed by atoms with E-state index in [-0.39, 0.29) is 6.10 Å². The Balaban J connectivity index is 2.72. The Labute approximate surface area is 74.1 Å². The fraction of sp³-hybridized carbons (Fsp3) is 0.455. The van der Waals surface area contributed by atoms with E-state index >= 15 is 0 Å². The fourth-order valence-corrected chi connectivity index (χ4v) is 1.32. The lowest BCUT2D eigenvalue weighted by Gasteiger charge is -2.05. The van der Waals surface area contributed by atoms with E-state index in [1.807, 2.05) is 6.92 Å². The van der Waals surface area contributed by atoms with Crippen molar-refractivity contribution in [1.82, 2.24) is 0 Å². The highest BCUT2D eigenvalue weighted by Crippen LogP contribution is 2.07. The number of aliphatic hydroxyl groups is 1. The molecule has 1 rings (SSSR count). The number of aryl methyl sites for hydroxylation is 1. The molecule has 12 heavy (non-hydrogen) atoms. The maximum Gasteiger partial charge on any atom is 0.0552 e. The number of benzene rings is 1. The second-order valence-corrected chi connectivity index (χ2v) is 3.23. The van der Waals surface area contributed by atoms with Gasteiger partial charge < -0.3 is 5.11 Å². The van der Waals surface area contributed by atoms with Crippen molar-refractivity contribution in [2.75, 3.05) is 0 Å². The lowest BCUT2D eigenvalue weighted by Crippen LogP contribution is -2.04. The molecule has 0 bridgehead atoms. The molecule has 0 radical (unpaired) electrons. The van der Waals surface area contributed by atoms with Crippen molar-refractivity contribution < 1.29 is 5.11 Å². The van der Waals surface area contributed by atoms with Crippen LogP contribution in [0.15, 0.2) is 24.3 Å². The van der Waals surface area contributed by atoms with Crippen molar-refractivity contribution in [2.24, 2.45) is 0 Å². The summed E-state index contributed by atoms with van der Waals surface area (Å²) in [7, 11) is 0. The van der Waals surface area contributed by atoms with Gasteiger partial charge in [-0.1, -0.05) is 31.2 Å². The number of rotatable bonds is 3. The van der Waals surface area contributed by atoms with Crippen LogP contribution in [0.25, 0.3) is 0 Å². The molecule has 1 aromatic carbocycles. The largest absolute Gasteiger partial charge is 0.393 e. The summed E-state index contributed by atoms with van der Waals surface area (Å²) in [6, 6.07) is 8.39. The highest BCUT2D eigenvalue weighted by molar-refractivity contribution is 5.23. The first kappa shape index (κ1) is 9.27. The number of aliphatic hydroxyl groups excluding tert-OH is 1. The summed E-state index contributed by atoms with van der Waals surface area (Å²) < 4.78 is 0. The van der Waals surface area contributed by atoms with Gasteiger partial charge in [0.05, 0.1) is 6.10 Å². The zero-order valence-corrected chi connectivity index (χ0v) is 7.75. The second kappa shape index (κ2) is 4.27. The summed E-state index contributed by atoms with van der Waals surface area (Å²) in [4.78, 5) is 0. The smallest absolute Gasteiger partial charge is 0.0552 e. The lowest BCUT2D eigenvalue weighted by molar-refractivity contribution is 0.195. The van der Waals surface area contributed by atoms with E-state index in [2.05, 4.69) is 31.2 Å². The van der Waals surface area contributed by atoms with Crippen molar-refractivity contribution in [2.45, 2.75) is 32.8 Å². The van der Waals surface area contributed by atoms with Gasteiger partial charge in [-0.25, -0.2) is 0 Å². The van der Waals surface area contributed by atoms with Gasteiger partial charge in [-0.15, -0.1) is 0 Å². The molecule has 0 heterocycles. The molecule has 0 aliphatic heterocycles. The van der Waals surface area contributed by atoms with Crippen molar-refractivity contribution in [1.29, 1.82) is 0 Å². The van der Waals surface area contributed by atoms with Gasteiger partial charge in [-0.3, -0.25) is 0 Å². The first-order chi connectivity index (χ1) is 5.72. The summed E-state index contributed by atoms with van der Waals surface area (Å²) in [5.41, 5.74) is 2.57. The first-order valence-electron chi connectivity index (χ1n) is 4.48. The summed E-state index contributed by atoms with van der Waals surface area (Å²) in [5.74, 6) is 0. The van der Waals surface area contributed by atoms with E-state index in [0.717, 1.165) is 12.8 Å². The summed E-state index contributed by atoms with van der Waals surface area (Å²) >= 11 is 0. The molecule has 0 spiro atoms. The van der Waals surface area contributed by atoms with Crippen LogP contribution in [-0.4, -0.2) is 11.2 Å². The molecule has 0 fully saturated rings.